The van der Waals surface area contributed by atoms with Crippen molar-refractivity contribution in [2.24, 2.45) is 10.1 Å². The molecule has 2 aliphatic heterocycles. The highest BCUT2D eigenvalue weighted by atomic mass is 32.2. The molecule has 0 aliphatic carbocycles. The lowest BCUT2D eigenvalue weighted by atomic mass is 10.1. The van der Waals surface area contributed by atoms with E-state index in [4.69, 9.17) is 5.41 Å². The van der Waals surface area contributed by atoms with Gasteiger partial charge in [-0.05, 0) is 68.8 Å². The number of nitrogens with zero attached hydrogens (tertiary/aromatic N) is 4. The van der Waals surface area contributed by atoms with Crippen LogP contribution in [0.15, 0.2) is 39.9 Å². The third-order valence-corrected chi connectivity index (χ3v) is 6.01. The van der Waals surface area contributed by atoms with Crippen LogP contribution in [0.1, 0.15) is 28.1 Å². The van der Waals surface area contributed by atoms with Gasteiger partial charge in [0.15, 0.2) is 5.84 Å². The van der Waals surface area contributed by atoms with Gasteiger partial charge in [0.05, 0.1) is 5.57 Å². The van der Waals surface area contributed by atoms with Gasteiger partial charge >= 0.3 is 6.18 Å². The molecule has 0 saturated heterocycles. The van der Waals surface area contributed by atoms with Crippen LogP contribution in [0.5, 0.6) is 0 Å². The summed E-state index contributed by atoms with van der Waals surface area (Å²) < 4.78 is 41.0. The zero-order chi connectivity index (χ0) is 22.7. The van der Waals surface area contributed by atoms with Gasteiger partial charge in [0.2, 0.25) is 10.2 Å². The molecule has 2 aliphatic rings. The van der Waals surface area contributed by atoms with E-state index in [-0.39, 0.29) is 22.5 Å². The lowest BCUT2D eigenvalue weighted by molar-refractivity contribution is -0.114. The molecule has 1 N–H and O–H groups in total. The van der Waals surface area contributed by atoms with Crippen molar-refractivity contribution in [2.75, 3.05) is 0 Å². The topological polar surface area (TPSA) is 73.8 Å². The van der Waals surface area contributed by atoms with Crippen LogP contribution >= 0.6 is 11.8 Å². The van der Waals surface area contributed by atoms with E-state index in [1.54, 1.807) is 0 Å². The Bertz CT molecular complexity index is 1240. The summed E-state index contributed by atoms with van der Waals surface area (Å²) in [7, 11) is 0. The van der Waals surface area contributed by atoms with Gasteiger partial charge in [-0.1, -0.05) is 17.7 Å². The van der Waals surface area contributed by atoms with Crippen molar-refractivity contribution in [1.82, 2.24) is 9.58 Å². The Morgan fingerprint density at radius 3 is 2.48 bits per heavy atom. The monoisotopic (exact) mass is 445 g/mol. The smallest absolute Gasteiger partial charge is 0.318 e. The number of nitrogens with one attached hydrogen (secondary N) is 1. The highest BCUT2D eigenvalue weighted by Crippen LogP contribution is 2.35. The highest BCUT2D eigenvalue weighted by Gasteiger charge is 2.46. The summed E-state index contributed by atoms with van der Waals surface area (Å²) in [6, 6.07) is 7.97. The minimum absolute atomic E-state index is 0.114. The number of halogens is 3. The number of aryl methyl sites for hydroxylation is 3. The minimum atomic E-state index is -4.67. The van der Waals surface area contributed by atoms with Crippen molar-refractivity contribution in [1.29, 1.82) is 5.41 Å². The zero-order valence-electron chi connectivity index (χ0n) is 17.1. The molecule has 0 radical (unpaired) electrons. The second-order valence-electron chi connectivity index (χ2n) is 7.37. The van der Waals surface area contributed by atoms with E-state index in [1.807, 2.05) is 50.5 Å². The summed E-state index contributed by atoms with van der Waals surface area (Å²) >= 11 is 0.235. The Hall–Kier alpha value is -3.14. The molecule has 2 aromatic rings. The Morgan fingerprint density at radius 2 is 1.84 bits per heavy atom. The van der Waals surface area contributed by atoms with E-state index in [2.05, 4.69) is 16.2 Å². The summed E-state index contributed by atoms with van der Waals surface area (Å²) in [5, 5.41) is 11.0. The summed E-state index contributed by atoms with van der Waals surface area (Å²) in [6.07, 6.45) is -3.19. The molecule has 31 heavy (non-hydrogen) atoms. The molecular weight excluding hydrogens is 427 g/mol. The molecule has 10 heteroatoms. The average Bonchev–Trinajstić information content (AvgIpc) is 3.21. The van der Waals surface area contributed by atoms with Crippen LogP contribution in [-0.2, 0) is 4.79 Å². The number of rotatable bonds is 2. The average molecular weight is 445 g/mol. The van der Waals surface area contributed by atoms with Crippen LogP contribution < -0.4 is 0 Å². The summed E-state index contributed by atoms with van der Waals surface area (Å²) in [5.41, 5.74) is 5.54. The molecule has 1 amide bonds. The number of carbonyl (C=O) groups is 1. The number of hydrogen-bond acceptors (Lipinski definition) is 4. The van der Waals surface area contributed by atoms with E-state index >= 15 is 0 Å². The number of aliphatic imine (C=N–C) groups is 1. The van der Waals surface area contributed by atoms with E-state index in [0.717, 1.165) is 33.2 Å². The molecule has 0 bridgehead atoms. The van der Waals surface area contributed by atoms with Gasteiger partial charge in [0, 0.05) is 17.1 Å². The second-order valence-corrected chi connectivity index (χ2v) is 8.33. The number of amides is 1. The maximum absolute atomic E-state index is 13.0. The van der Waals surface area contributed by atoms with Crippen molar-refractivity contribution in [3.8, 4) is 5.69 Å². The number of alkyl halides is 3. The molecule has 0 spiro atoms. The van der Waals surface area contributed by atoms with Crippen molar-refractivity contribution in [2.45, 2.75) is 33.9 Å². The van der Waals surface area contributed by atoms with Gasteiger partial charge in [0.1, 0.15) is 0 Å². The first-order valence-electron chi connectivity index (χ1n) is 9.31. The van der Waals surface area contributed by atoms with Crippen molar-refractivity contribution < 1.29 is 18.0 Å². The van der Waals surface area contributed by atoms with Gasteiger partial charge in [-0.2, -0.15) is 28.3 Å². The minimum Gasteiger partial charge on any atom is -0.318 e. The Balaban J connectivity index is 1.76. The van der Waals surface area contributed by atoms with Crippen molar-refractivity contribution >= 4 is 39.8 Å². The van der Waals surface area contributed by atoms with E-state index in [9.17, 15) is 18.0 Å². The third kappa shape index (κ3) is 3.60. The quantitative estimate of drug-likeness (QED) is 0.669. The molecule has 6 nitrogen and oxygen atoms in total. The number of amidine groups is 2. The van der Waals surface area contributed by atoms with E-state index in [0.29, 0.717) is 5.56 Å². The number of fused-ring (bicyclic) bond motifs is 1. The SMILES string of the molecule is Cc1ccc(-n2c(C)cc(C=C3C(=N)N4N=C(C(F)(F)F)SC4=NC3=O)c2C)c(C)c1. The fourth-order valence-electron chi connectivity index (χ4n) is 3.62. The summed E-state index contributed by atoms with van der Waals surface area (Å²) in [6.45, 7) is 7.84. The predicted molar refractivity (Wildman–Crippen MR) is 116 cm³/mol. The molecule has 1 aromatic carbocycles. The Morgan fingerprint density at radius 1 is 1.13 bits per heavy atom. The number of carbonyl (C=O) groups excluding carboxylic acids is 1. The van der Waals surface area contributed by atoms with E-state index < -0.39 is 23.0 Å². The van der Waals surface area contributed by atoms with Crippen molar-refractivity contribution in [3.05, 3.63) is 57.9 Å². The zero-order valence-corrected chi connectivity index (χ0v) is 17.9. The third-order valence-electron chi connectivity index (χ3n) is 5.06. The molecule has 160 valence electrons. The summed E-state index contributed by atoms with van der Waals surface area (Å²) in [4.78, 5) is 16.2. The maximum Gasteiger partial charge on any atom is 0.441 e. The molecule has 0 fully saturated rings. The molecule has 0 saturated carbocycles. The fourth-order valence-corrected chi connectivity index (χ4v) is 4.38. The van der Waals surface area contributed by atoms with Gasteiger partial charge in [-0.3, -0.25) is 10.2 Å². The molecular formula is C21H18F3N5OS. The van der Waals surface area contributed by atoms with Crippen LogP contribution in [-0.4, -0.2) is 37.7 Å². The molecule has 1 aromatic heterocycles. The van der Waals surface area contributed by atoms with Crippen LogP contribution in [0.4, 0.5) is 13.2 Å². The first-order valence-corrected chi connectivity index (χ1v) is 10.1. The second kappa shape index (κ2) is 7.23. The van der Waals surface area contributed by atoms with Gasteiger partial charge < -0.3 is 4.57 Å². The lowest BCUT2D eigenvalue weighted by Crippen LogP contribution is -2.35. The van der Waals surface area contributed by atoms with Crippen LogP contribution in [0.3, 0.4) is 0 Å². The van der Waals surface area contributed by atoms with Gasteiger partial charge in [0.25, 0.3) is 5.91 Å². The number of thioether (sulfide) groups is 1. The first-order chi connectivity index (χ1) is 14.5. The van der Waals surface area contributed by atoms with Crippen molar-refractivity contribution in [3.63, 3.8) is 0 Å². The number of benzene rings is 1. The summed E-state index contributed by atoms with van der Waals surface area (Å²) in [5.74, 6) is -1.20. The van der Waals surface area contributed by atoms with Gasteiger partial charge in [-0.25, -0.2) is 0 Å². The number of aromatic nitrogens is 1. The normalized spacial score (nSPS) is 17.9. The molecule has 0 atom stereocenters. The number of hydrazone groups is 1. The first kappa shape index (κ1) is 21.1. The van der Waals surface area contributed by atoms with Gasteiger partial charge in [-0.15, -0.1) is 0 Å². The lowest BCUT2D eigenvalue weighted by Gasteiger charge is -2.20. The molecule has 3 heterocycles. The molecule has 0 unspecified atom stereocenters. The molecule has 4 rings (SSSR count). The van der Waals surface area contributed by atoms with Crippen LogP contribution in [0.25, 0.3) is 11.8 Å². The predicted octanol–water partition coefficient (Wildman–Crippen LogP) is 4.89. The van der Waals surface area contributed by atoms with Crippen LogP contribution in [0, 0.1) is 33.1 Å². The van der Waals surface area contributed by atoms with E-state index in [1.165, 1.54) is 6.08 Å². The highest BCUT2D eigenvalue weighted by molar-refractivity contribution is 8.27. The Labute approximate surface area is 180 Å². The Kier molecular flexibility index (Phi) is 4.92. The maximum atomic E-state index is 13.0. The fraction of sp³-hybridized carbons (Fsp3) is 0.238. The van der Waals surface area contributed by atoms with Crippen LogP contribution in [0.2, 0.25) is 0 Å². The standard InChI is InChI=1S/C21H18F3N5OS/c1-10-5-6-16(11(2)7-10)28-12(3)8-14(13(28)4)9-15-17(25)29-20(26-18(15)30)31-19(27-29)21(22,23)24/h5-9,25H,1-4H3. The number of hydrogen-bond donors (Lipinski definition) is 1. The largest absolute Gasteiger partial charge is 0.441 e.